The monoisotopic (exact) mass is 201 g/mol. The Morgan fingerprint density at radius 3 is 3.07 bits per heavy atom. The van der Waals surface area contributed by atoms with E-state index in [0.29, 0.717) is 19.8 Å². The summed E-state index contributed by atoms with van der Waals surface area (Å²) in [5.41, 5.74) is -0.303. The Hall–Kier alpha value is -1.07. The maximum Gasteiger partial charge on any atom is 0.329 e. The van der Waals surface area contributed by atoms with Gasteiger partial charge in [-0.25, -0.2) is 4.79 Å². The van der Waals surface area contributed by atoms with Crippen molar-refractivity contribution in [2.24, 2.45) is 0 Å². The van der Waals surface area contributed by atoms with Crippen molar-refractivity contribution in [1.82, 2.24) is 5.32 Å². The quantitative estimate of drug-likeness (QED) is 0.612. The maximum atomic E-state index is 10.2. The first-order valence-electron chi connectivity index (χ1n) is 4.44. The van der Waals surface area contributed by atoms with Gasteiger partial charge in [-0.2, -0.15) is 0 Å². The molecule has 0 spiro atoms. The molecule has 0 aromatic heterocycles. The van der Waals surface area contributed by atoms with E-state index in [1.807, 2.05) is 0 Å². The number of rotatable bonds is 5. The highest BCUT2D eigenvalue weighted by molar-refractivity contribution is 5.79. The summed E-state index contributed by atoms with van der Waals surface area (Å²) < 4.78 is 10.6. The van der Waals surface area contributed by atoms with E-state index < -0.39 is 5.97 Å². The molecule has 1 heterocycles. The van der Waals surface area contributed by atoms with Crippen LogP contribution in [-0.2, 0) is 14.3 Å². The normalized spacial score (nSPS) is 26.9. The van der Waals surface area contributed by atoms with Crippen LogP contribution in [0.25, 0.3) is 0 Å². The van der Waals surface area contributed by atoms with Gasteiger partial charge < -0.3 is 19.9 Å². The number of hydrogen-bond acceptors (Lipinski definition) is 4. The third kappa shape index (κ3) is 3.01. The van der Waals surface area contributed by atoms with Gasteiger partial charge >= 0.3 is 5.97 Å². The topological polar surface area (TPSA) is 67.8 Å². The summed E-state index contributed by atoms with van der Waals surface area (Å²) in [6.45, 7) is 1.81. The van der Waals surface area contributed by atoms with E-state index in [0.717, 1.165) is 12.5 Å². The summed E-state index contributed by atoms with van der Waals surface area (Å²) >= 11 is 0. The van der Waals surface area contributed by atoms with Gasteiger partial charge in [0, 0.05) is 39.0 Å². The second-order valence-electron chi connectivity index (χ2n) is 3.24. The number of aliphatic carboxylic acids is 1. The molecule has 1 saturated heterocycles. The molecule has 0 aliphatic carbocycles. The lowest BCUT2D eigenvalue weighted by molar-refractivity contribution is -0.131. The fraction of sp³-hybridized carbons (Fsp3) is 0.667. The van der Waals surface area contributed by atoms with Gasteiger partial charge in [0.05, 0.1) is 6.61 Å². The van der Waals surface area contributed by atoms with Crippen molar-refractivity contribution in [1.29, 1.82) is 0 Å². The van der Waals surface area contributed by atoms with Crippen molar-refractivity contribution in [2.45, 2.75) is 12.0 Å². The third-order valence-corrected chi connectivity index (χ3v) is 2.27. The van der Waals surface area contributed by atoms with Gasteiger partial charge in [-0.3, -0.25) is 0 Å². The summed E-state index contributed by atoms with van der Waals surface area (Å²) in [6.07, 6.45) is 3.29. The first-order chi connectivity index (χ1) is 6.68. The molecule has 0 amide bonds. The summed E-state index contributed by atoms with van der Waals surface area (Å²) in [5, 5.41) is 11.2. The number of ether oxygens (including phenoxy) is 2. The van der Waals surface area contributed by atoms with Gasteiger partial charge in [0.1, 0.15) is 5.60 Å². The SMILES string of the molecule is COC1(CN/C=C/C(=O)O)CCOC1. The number of methoxy groups -OCH3 is 1. The van der Waals surface area contributed by atoms with Crippen LogP contribution in [0, 0.1) is 0 Å². The van der Waals surface area contributed by atoms with E-state index in [1.54, 1.807) is 7.11 Å². The predicted molar refractivity (Wildman–Crippen MR) is 50.0 cm³/mol. The highest BCUT2D eigenvalue weighted by atomic mass is 16.5. The molecule has 1 unspecified atom stereocenters. The number of hydrogen-bond donors (Lipinski definition) is 2. The average molecular weight is 201 g/mol. The van der Waals surface area contributed by atoms with Gasteiger partial charge in [-0.05, 0) is 0 Å². The molecule has 1 fully saturated rings. The molecule has 14 heavy (non-hydrogen) atoms. The molecular formula is C9H15NO4. The fourth-order valence-electron chi connectivity index (χ4n) is 1.34. The van der Waals surface area contributed by atoms with Crippen LogP contribution < -0.4 is 5.32 Å². The van der Waals surface area contributed by atoms with E-state index in [4.69, 9.17) is 14.6 Å². The predicted octanol–water partition coefficient (Wildman–Crippen LogP) is -0.0202. The highest BCUT2D eigenvalue weighted by Gasteiger charge is 2.34. The summed E-state index contributed by atoms with van der Waals surface area (Å²) in [7, 11) is 1.64. The lowest BCUT2D eigenvalue weighted by Gasteiger charge is -2.25. The molecule has 1 aliphatic rings. The molecule has 80 valence electrons. The van der Waals surface area contributed by atoms with Crippen LogP contribution in [0.5, 0.6) is 0 Å². The number of nitrogens with one attached hydrogen (secondary N) is 1. The van der Waals surface area contributed by atoms with Crippen LogP contribution in [-0.4, -0.2) is 43.5 Å². The molecule has 1 rings (SSSR count). The van der Waals surface area contributed by atoms with Crippen molar-refractivity contribution in [3.63, 3.8) is 0 Å². The first kappa shape index (κ1) is 11.0. The largest absolute Gasteiger partial charge is 0.478 e. The zero-order valence-electron chi connectivity index (χ0n) is 8.16. The van der Waals surface area contributed by atoms with Crippen LogP contribution in [0.4, 0.5) is 0 Å². The molecule has 5 nitrogen and oxygen atoms in total. The second kappa shape index (κ2) is 4.97. The minimum absolute atomic E-state index is 0.303. The second-order valence-corrected chi connectivity index (χ2v) is 3.24. The fourth-order valence-corrected chi connectivity index (χ4v) is 1.34. The summed E-state index contributed by atoms with van der Waals surface area (Å²) in [5.74, 6) is -0.966. The summed E-state index contributed by atoms with van der Waals surface area (Å²) in [6, 6.07) is 0. The Kier molecular flexibility index (Phi) is 3.91. The van der Waals surface area contributed by atoms with Crippen molar-refractivity contribution in [3.8, 4) is 0 Å². The number of carboxylic acids is 1. The molecule has 0 saturated carbocycles. The van der Waals surface area contributed by atoms with Gasteiger partial charge in [-0.1, -0.05) is 0 Å². The molecular weight excluding hydrogens is 186 g/mol. The number of carbonyl (C=O) groups is 1. The molecule has 2 N–H and O–H groups in total. The first-order valence-corrected chi connectivity index (χ1v) is 4.44. The molecule has 0 radical (unpaired) electrons. The van der Waals surface area contributed by atoms with Gasteiger partial charge in [0.25, 0.3) is 0 Å². The van der Waals surface area contributed by atoms with Crippen LogP contribution in [0.2, 0.25) is 0 Å². The highest BCUT2D eigenvalue weighted by Crippen LogP contribution is 2.21. The van der Waals surface area contributed by atoms with Gasteiger partial charge in [0.15, 0.2) is 0 Å². The van der Waals surface area contributed by atoms with Crippen LogP contribution in [0.15, 0.2) is 12.3 Å². The smallest absolute Gasteiger partial charge is 0.329 e. The standard InChI is InChI=1S/C9H15NO4/c1-13-9(3-5-14-7-9)6-10-4-2-8(11)12/h2,4,10H,3,5-7H2,1H3,(H,11,12)/b4-2+. The molecule has 1 atom stereocenters. The van der Waals surface area contributed by atoms with Crippen molar-refractivity contribution < 1.29 is 19.4 Å². The van der Waals surface area contributed by atoms with E-state index in [-0.39, 0.29) is 5.60 Å². The van der Waals surface area contributed by atoms with Gasteiger partial charge in [-0.15, -0.1) is 0 Å². The summed E-state index contributed by atoms with van der Waals surface area (Å²) in [4.78, 5) is 10.2. The van der Waals surface area contributed by atoms with Crippen molar-refractivity contribution >= 4 is 5.97 Å². The van der Waals surface area contributed by atoms with Gasteiger partial charge in [0.2, 0.25) is 0 Å². The zero-order valence-corrected chi connectivity index (χ0v) is 8.16. The molecule has 1 aliphatic heterocycles. The zero-order chi connectivity index (χ0) is 10.4. The minimum Gasteiger partial charge on any atom is -0.478 e. The van der Waals surface area contributed by atoms with Crippen LogP contribution in [0.3, 0.4) is 0 Å². The Labute approximate surface area is 82.7 Å². The Morgan fingerprint density at radius 2 is 2.57 bits per heavy atom. The average Bonchev–Trinajstić information content (AvgIpc) is 2.62. The maximum absolute atomic E-state index is 10.2. The molecule has 0 bridgehead atoms. The minimum atomic E-state index is -0.966. The lowest BCUT2D eigenvalue weighted by Crippen LogP contribution is -2.41. The molecule has 0 aromatic carbocycles. The van der Waals surface area contributed by atoms with Crippen LogP contribution >= 0.6 is 0 Å². The Bertz CT molecular complexity index is 221. The van der Waals surface area contributed by atoms with E-state index in [9.17, 15) is 4.79 Å². The van der Waals surface area contributed by atoms with Crippen LogP contribution in [0.1, 0.15) is 6.42 Å². The Morgan fingerprint density at radius 1 is 1.79 bits per heavy atom. The Balaban J connectivity index is 2.31. The van der Waals surface area contributed by atoms with E-state index in [2.05, 4.69) is 5.32 Å². The number of carboxylic acid groups (broad SMARTS) is 1. The van der Waals surface area contributed by atoms with Crippen molar-refractivity contribution in [3.05, 3.63) is 12.3 Å². The van der Waals surface area contributed by atoms with Crippen molar-refractivity contribution in [2.75, 3.05) is 26.9 Å². The van der Waals surface area contributed by atoms with E-state index in [1.165, 1.54) is 6.20 Å². The molecule has 5 heteroatoms. The van der Waals surface area contributed by atoms with E-state index >= 15 is 0 Å². The lowest BCUT2D eigenvalue weighted by atomic mass is 10.0. The molecule has 0 aromatic rings. The third-order valence-electron chi connectivity index (χ3n) is 2.27.